The summed E-state index contributed by atoms with van der Waals surface area (Å²) in [6.07, 6.45) is 1.87. The van der Waals surface area contributed by atoms with Gasteiger partial charge in [-0.05, 0) is 159 Å². The molecule has 0 fully saturated rings. The number of pyridine rings is 1. The maximum atomic E-state index is 4.08. The van der Waals surface area contributed by atoms with Gasteiger partial charge in [0, 0.05) is 11.9 Å². The molecule has 0 radical (unpaired) electrons. The topological polar surface area (TPSA) is 12.9 Å². The van der Waals surface area contributed by atoms with Gasteiger partial charge in [0.25, 0.3) is 0 Å². The first-order valence-corrected chi connectivity index (χ1v) is 25.8. The molecule has 0 aliphatic carbocycles. The van der Waals surface area contributed by atoms with Crippen molar-refractivity contribution < 1.29 is 0 Å². The monoisotopic (exact) mass is 972 g/mol. The second kappa shape index (κ2) is 31.6. The van der Waals surface area contributed by atoms with Gasteiger partial charge in [-0.1, -0.05) is 275 Å². The summed E-state index contributed by atoms with van der Waals surface area (Å²) in [4.78, 5) is 4.08. The van der Waals surface area contributed by atoms with E-state index in [1.807, 2.05) is 26.1 Å². The Morgan fingerprint density at radius 3 is 0.824 bits per heavy atom. The fourth-order valence-electron chi connectivity index (χ4n) is 7.34. The smallest absolute Gasteiger partial charge is 0.0372 e. The Morgan fingerprint density at radius 1 is 0.203 bits per heavy atom. The third-order valence-corrected chi connectivity index (χ3v) is 12.2. The maximum Gasteiger partial charge on any atom is 0.0372 e. The summed E-state index contributed by atoms with van der Waals surface area (Å²) in [6.45, 7) is 29.4. The Balaban J connectivity index is 0.000000190. The second-order valence-electron chi connectivity index (χ2n) is 19.5. The van der Waals surface area contributed by atoms with Crippen molar-refractivity contribution in [1.82, 2.24) is 4.98 Å². The molecule has 10 rings (SSSR count). The van der Waals surface area contributed by atoms with Crippen LogP contribution >= 0.6 is 0 Å². The fraction of sp³-hybridized carbons (Fsp3) is 0.192. The van der Waals surface area contributed by atoms with Crippen LogP contribution in [0.15, 0.2) is 237 Å². The zero-order valence-corrected chi connectivity index (χ0v) is 47.0. The fourth-order valence-corrected chi connectivity index (χ4v) is 7.34. The average Bonchev–Trinajstić information content (AvgIpc) is 3.39. The Kier molecular flexibility index (Phi) is 25.0. The van der Waals surface area contributed by atoms with Crippen molar-refractivity contribution in [3.05, 3.63) is 315 Å². The number of nitrogens with zero attached hydrogens (tertiary/aromatic N) is 1. The standard InChI is InChI=1S/3C14H14.3C8H10.C7H9N/c1-11-3-7-13(8-4-11)14-9-5-12(2)6-10-14;1-11-6-8-13(9-7-11)14-5-3-4-12(2)10-14;1-11-7-9-13(10-8-11)14-6-4-3-5-12(14)2;1-7-3-5-8(2)6-4-7;1-7-4-3-5-8(2)6-7;1-7-5-3-4-6-8(7)2;1-6-3-4-7(2)8-5-6/h3*3-10H,1-2H3;3*3-6H,1-2H3;3-5H,1-2H3. The van der Waals surface area contributed by atoms with Gasteiger partial charge in [-0.3, -0.25) is 4.98 Å². The molecule has 1 aromatic heterocycles. The maximum absolute atomic E-state index is 4.08. The van der Waals surface area contributed by atoms with E-state index in [4.69, 9.17) is 0 Å². The molecule has 1 nitrogen and oxygen atoms in total. The molecule has 10 aromatic rings. The lowest BCUT2D eigenvalue weighted by Gasteiger charge is -2.05. The van der Waals surface area contributed by atoms with Gasteiger partial charge in [0.05, 0.1) is 0 Å². The summed E-state index contributed by atoms with van der Waals surface area (Å²) in [5.41, 5.74) is 26.0. The van der Waals surface area contributed by atoms with Gasteiger partial charge in [0.15, 0.2) is 0 Å². The van der Waals surface area contributed by atoms with Crippen LogP contribution in [0.25, 0.3) is 33.4 Å². The third-order valence-electron chi connectivity index (χ3n) is 12.2. The lowest BCUT2D eigenvalue weighted by molar-refractivity contribution is 1.17. The summed E-state index contributed by atoms with van der Waals surface area (Å²) in [7, 11) is 0. The molecule has 0 bridgehead atoms. The quantitative estimate of drug-likeness (QED) is 0.172. The first-order chi connectivity index (χ1) is 35.4. The van der Waals surface area contributed by atoms with Crippen molar-refractivity contribution in [3.8, 4) is 33.4 Å². The molecule has 9 aromatic carbocycles. The predicted molar refractivity (Wildman–Crippen MR) is 326 cm³/mol. The number of aromatic nitrogens is 1. The molecule has 0 saturated carbocycles. The lowest BCUT2D eigenvalue weighted by atomic mass is 10.00. The normalized spacial score (nSPS) is 9.76. The van der Waals surface area contributed by atoms with E-state index < -0.39 is 0 Å². The number of hydrogen-bond donors (Lipinski definition) is 0. The summed E-state index contributed by atoms with van der Waals surface area (Å²) < 4.78 is 0. The predicted octanol–water partition coefficient (Wildman–Crippen LogP) is 20.5. The number of benzene rings is 9. The molecular formula is C73H81N. The molecule has 0 aliphatic heterocycles. The van der Waals surface area contributed by atoms with E-state index in [1.165, 1.54) is 106 Å². The Bertz CT molecular complexity index is 2950. The minimum Gasteiger partial charge on any atom is -0.261 e. The van der Waals surface area contributed by atoms with Gasteiger partial charge in [0.2, 0.25) is 0 Å². The highest BCUT2D eigenvalue weighted by Crippen LogP contribution is 2.24. The van der Waals surface area contributed by atoms with E-state index in [9.17, 15) is 0 Å². The first-order valence-electron chi connectivity index (χ1n) is 25.8. The van der Waals surface area contributed by atoms with Crippen molar-refractivity contribution in [1.29, 1.82) is 0 Å². The summed E-state index contributed by atoms with van der Waals surface area (Å²) in [5.74, 6) is 0. The summed E-state index contributed by atoms with van der Waals surface area (Å²) in [5, 5.41) is 0. The minimum absolute atomic E-state index is 1.08. The van der Waals surface area contributed by atoms with Crippen molar-refractivity contribution >= 4 is 0 Å². The van der Waals surface area contributed by atoms with Crippen LogP contribution in [0.5, 0.6) is 0 Å². The zero-order chi connectivity index (χ0) is 53.8. The van der Waals surface area contributed by atoms with Crippen LogP contribution in [-0.2, 0) is 0 Å². The van der Waals surface area contributed by atoms with Gasteiger partial charge in [-0.2, -0.15) is 0 Å². The van der Waals surface area contributed by atoms with Crippen LogP contribution in [0.4, 0.5) is 0 Å². The molecular weight excluding hydrogens is 891 g/mol. The van der Waals surface area contributed by atoms with Gasteiger partial charge in [-0.25, -0.2) is 0 Å². The highest BCUT2D eigenvalue weighted by atomic mass is 14.6. The van der Waals surface area contributed by atoms with Gasteiger partial charge >= 0.3 is 0 Å². The average molecular weight is 972 g/mol. The molecule has 1 heteroatoms. The third kappa shape index (κ3) is 22.7. The molecule has 0 atom stereocenters. The first kappa shape index (κ1) is 58.7. The Hall–Kier alpha value is -7.87. The number of hydrogen-bond acceptors (Lipinski definition) is 1. The Labute approximate surface area is 447 Å². The Morgan fingerprint density at radius 2 is 0.514 bits per heavy atom. The van der Waals surface area contributed by atoms with E-state index in [1.54, 1.807) is 0 Å². The molecule has 0 amide bonds. The van der Waals surface area contributed by atoms with E-state index in [2.05, 4.69) is 313 Å². The van der Waals surface area contributed by atoms with Crippen LogP contribution in [0.1, 0.15) is 78.0 Å². The highest BCUT2D eigenvalue weighted by Gasteiger charge is 2.00. The molecule has 0 aliphatic rings. The van der Waals surface area contributed by atoms with Crippen molar-refractivity contribution in [3.63, 3.8) is 0 Å². The number of aryl methyl sites for hydroxylation is 14. The van der Waals surface area contributed by atoms with E-state index in [0.29, 0.717) is 0 Å². The molecule has 0 saturated heterocycles. The second-order valence-corrected chi connectivity index (χ2v) is 19.5. The zero-order valence-electron chi connectivity index (χ0n) is 47.0. The van der Waals surface area contributed by atoms with Gasteiger partial charge in [0.1, 0.15) is 0 Å². The van der Waals surface area contributed by atoms with Crippen molar-refractivity contribution in [2.75, 3.05) is 0 Å². The lowest BCUT2D eigenvalue weighted by Crippen LogP contribution is -1.82. The minimum atomic E-state index is 1.08. The number of rotatable bonds is 3. The van der Waals surface area contributed by atoms with Crippen LogP contribution in [0, 0.1) is 96.9 Å². The molecule has 0 spiro atoms. The molecule has 1 heterocycles. The largest absolute Gasteiger partial charge is 0.261 e. The molecule has 0 N–H and O–H groups in total. The van der Waals surface area contributed by atoms with E-state index in [-0.39, 0.29) is 0 Å². The van der Waals surface area contributed by atoms with E-state index in [0.717, 1.165) is 5.69 Å². The van der Waals surface area contributed by atoms with E-state index >= 15 is 0 Å². The van der Waals surface area contributed by atoms with Crippen molar-refractivity contribution in [2.24, 2.45) is 0 Å². The van der Waals surface area contributed by atoms with Crippen LogP contribution < -0.4 is 0 Å². The van der Waals surface area contributed by atoms with Crippen LogP contribution in [-0.4, -0.2) is 4.98 Å². The molecule has 378 valence electrons. The van der Waals surface area contributed by atoms with Gasteiger partial charge < -0.3 is 0 Å². The van der Waals surface area contributed by atoms with Crippen LogP contribution in [0.3, 0.4) is 0 Å². The van der Waals surface area contributed by atoms with Crippen molar-refractivity contribution in [2.45, 2.75) is 96.9 Å². The highest BCUT2D eigenvalue weighted by molar-refractivity contribution is 5.67. The molecule has 0 unspecified atom stereocenters. The summed E-state index contributed by atoms with van der Waals surface area (Å²) >= 11 is 0. The van der Waals surface area contributed by atoms with Gasteiger partial charge in [-0.15, -0.1) is 0 Å². The summed E-state index contributed by atoms with van der Waals surface area (Å²) in [6, 6.07) is 81.0. The SMILES string of the molecule is Cc1ccc(-c2ccc(C)cc2)cc1.Cc1ccc(-c2cccc(C)c2)cc1.Cc1ccc(-c2ccccc2C)cc1.Cc1ccc(C)cc1.Cc1ccc(C)nc1.Cc1cccc(C)c1.Cc1ccccc1C. The molecule has 74 heavy (non-hydrogen) atoms. The van der Waals surface area contributed by atoms with Crippen LogP contribution in [0.2, 0.25) is 0 Å².